The number of nitrogens with zero attached hydrogens (tertiary/aromatic N) is 2. The number of alkyl halides is 3. The largest absolute Gasteiger partial charge is 0.481 e. The van der Waals surface area contributed by atoms with E-state index in [-0.39, 0.29) is 26.1 Å². The van der Waals surface area contributed by atoms with Crippen molar-refractivity contribution in [3.05, 3.63) is 58.9 Å². The molecule has 0 saturated heterocycles. The van der Waals surface area contributed by atoms with E-state index in [0.29, 0.717) is 21.7 Å². The maximum absolute atomic E-state index is 14.2. The standard InChI is InChI=1S/C25H24ClF4N3O4/c1-2-37-13-16(24(35)36)10-18(32-23(34)22-31-12-21(33-22)25(28,29)30)9-14-3-5-15(6-4-14)19-11-17(26)7-8-20(19)27/h3-8,11,16,18H,2,9-10,12-13H2,1H3,(H,32,34)(H,35,36)/t16-,18+/m0/s1. The molecule has 1 aliphatic rings. The maximum Gasteiger partial charge on any atom is 0.431 e. The van der Waals surface area contributed by atoms with Gasteiger partial charge in [-0.3, -0.25) is 14.6 Å². The summed E-state index contributed by atoms with van der Waals surface area (Å²) in [5.41, 5.74) is 0.338. The number of benzene rings is 2. The molecule has 0 aliphatic carbocycles. The fourth-order valence-corrected chi connectivity index (χ4v) is 3.91. The molecule has 1 amide bonds. The molecule has 198 valence electrons. The second kappa shape index (κ2) is 12.3. The van der Waals surface area contributed by atoms with E-state index in [1.54, 1.807) is 31.2 Å². The lowest BCUT2D eigenvalue weighted by Crippen LogP contribution is -2.42. The Morgan fingerprint density at radius 3 is 2.49 bits per heavy atom. The molecule has 0 unspecified atom stereocenters. The lowest BCUT2D eigenvalue weighted by Gasteiger charge is -2.22. The summed E-state index contributed by atoms with van der Waals surface area (Å²) in [4.78, 5) is 31.2. The minimum absolute atomic E-state index is 0.0606. The third-order valence-electron chi connectivity index (χ3n) is 5.60. The number of carboxylic acid groups (broad SMARTS) is 1. The topological polar surface area (TPSA) is 100 Å². The van der Waals surface area contributed by atoms with Crippen molar-refractivity contribution in [2.75, 3.05) is 19.8 Å². The molecule has 2 atom stereocenters. The Bertz CT molecular complexity index is 1200. The summed E-state index contributed by atoms with van der Waals surface area (Å²) < 4.78 is 58.1. The van der Waals surface area contributed by atoms with Crippen molar-refractivity contribution in [1.29, 1.82) is 0 Å². The van der Waals surface area contributed by atoms with Gasteiger partial charge in [0.25, 0.3) is 5.91 Å². The number of rotatable bonds is 11. The molecule has 12 heteroatoms. The van der Waals surface area contributed by atoms with Gasteiger partial charge in [-0.15, -0.1) is 0 Å². The first-order valence-corrected chi connectivity index (χ1v) is 11.7. The van der Waals surface area contributed by atoms with E-state index in [2.05, 4.69) is 15.3 Å². The Kier molecular flexibility index (Phi) is 9.39. The normalized spacial score (nSPS) is 15.1. The molecule has 0 aromatic heterocycles. The maximum atomic E-state index is 14.2. The van der Waals surface area contributed by atoms with Crippen LogP contribution in [-0.2, 0) is 20.7 Å². The van der Waals surface area contributed by atoms with Crippen LogP contribution in [0.4, 0.5) is 17.6 Å². The molecule has 1 heterocycles. The summed E-state index contributed by atoms with van der Waals surface area (Å²) in [6.45, 7) is 1.12. The first-order valence-electron chi connectivity index (χ1n) is 11.3. The van der Waals surface area contributed by atoms with E-state index < -0.39 is 53.9 Å². The van der Waals surface area contributed by atoms with Crippen LogP contribution in [0.15, 0.2) is 52.4 Å². The molecule has 0 radical (unpaired) electrons. The molecule has 0 spiro atoms. The number of carboxylic acids is 1. The van der Waals surface area contributed by atoms with Crippen LogP contribution in [0.2, 0.25) is 5.02 Å². The average Bonchev–Trinajstić information content (AvgIpc) is 3.35. The number of carbonyl (C=O) groups excluding carboxylic acids is 1. The van der Waals surface area contributed by atoms with Crippen LogP contribution in [0.3, 0.4) is 0 Å². The van der Waals surface area contributed by atoms with Gasteiger partial charge in [0.2, 0.25) is 5.84 Å². The molecular weight excluding hydrogens is 518 g/mol. The number of amides is 1. The summed E-state index contributed by atoms with van der Waals surface area (Å²) in [5, 5.41) is 12.5. The molecule has 2 aromatic rings. The number of amidine groups is 1. The minimum Gasteiger partial charge on any atom is -0.481 e. The molecule has 37 heavy (non-hydrogen) atoms. The molecule has 2 aromatic carbocycles. The SMILES string of the molecule is CCOC[C@H](C[C@@H](Cc1ccc(-c2cc(Cl)ccc2F)cc1)NC(=O)C1=NCC(C(F)(F)F)=N1)C(=O)O. The van der Waals surface area contributed by atoms with E-state index >= 15 is 0 Å². The molecule has 2 N–H and O–H groups in total. The number of carbonyl (C=O) groups is 2. The van der Waals surface area contributed by atoms with Gasteiger partial charge in [0.05, 0.1) is 19.1 Å². The van der Waals surface area contributed by atoms with Crippen LogP contribution < -0.4 is 5.32 Å². The molecule has 7 nitrogen and oxygen atoms in total. The monoisotopic (exact) mass is 541 g/mol. The van der Waals surface area contributed by atoms with E-state index in [4.69, 9.17) is 16.3 Å². The van der Waals surface area contributed by atoms with Gasteiger partial charge < -0.3 is 15.2 Å². The summed E-state index contributed by atoms with van der Waals surface area (Å²) in [6.07, 6.45) is -4.63. The van der Waals surface area contributed by atoms with Crippen LogP contribution in [-0.4, -0.2) is 60.5 Å². The lowest BCUT2D eigenvalue weighted by atomic mass is 9.94. The summed E-state index contributed by atoms with van der Waals surface area (Å²) in [7, 11) is 0. The van der Waals surface area contributed by atoms with Gasteiger partial charge in [-0.05, 0) is 49.1 Å². The fourth-order valence-electron chi connectivity index (χ4n) is 3.73. The number of halogens is 5. The highest BCUT2D eigenvalue weighted by Gasteiger charge is 2.39. The number of ether oxygens (including phenoxy) is 1. The lowest BCUT2D eigenvalue weighted by molar-refractivity contribution is -0.144. The van der Waals surface area contributed by atoms with Crippen molar-refractivity contribution in [2.24, 2.45) is 15.9 Å². The molecule has 1 aliphatic heterocycles. The van der Waals surface area contributed by atoms with Crippen molar-refractivity contribution < 1.29 is 37.0 Å². The average molecular weight is 542 g/mol. The van der Waals surface area contributed by atoms with E-state index in [1.165, 1.54) is 18.2 Å². The number of aliphatic imine (C=N–C) groups is 2. The Labute approximate surface area is 215 Å². The second-order valence-electron chi connectivity index (χ2n) is 8.32. The van der Waals surface area contributed by atoms with Crippen LogP contribution in [0.5, 0.6) is 0 Å². The number of nitrogens with one attached hydrogen (secondary N) is 1. The number of hydrogen-bond donors (Lipinski definition) is 2. The minimum atomic E-state index is -4.71. The third-order valence-corrected chi connectivity index (χ3v) is 5.84. The van der Waals surface area contributed by atoms with Gasteiger partial charge in [-0.2, -0.15) is 13.2 Å². The summed E-state index contributed by atoms with van der Waals surface area (Å²) in [6, 6.07) is 10.0. The predicted molar refractivity (Wildman–Crippen MR) is 131 cm³/mol. The highest BCUT2D eigenvalue weighted by Crippen LogP contribution is 2.27. The van der Waals surface area contributed by atoms with Gasteiger partial charge in [0.15, 0.2) is 0 Å². The zero-order chi connectivity index (χ0) is 27.2. The van der Waals surface area contributed by atoms with Gasteiger partial charge in [0, 0.05) is 23.2 Å². The zero-order valence-corrected chi connectivity index (χ0v) is 20.4. The van der Waals surface area contributed by atoms with Gasteiger partial charge >= 0.3 is 12.1 Å². The Morgan fingerprint density at radius 2 is 1.89 bits per heavy atom. The third kappa shape index (κ3) is 7.83. The van der Waals surface area contributed by atoms with Crippen LogP contribution >= 0.6 is 11.6 Å². The zero-order valence-electron chi connectivity index (χ0n) is 19.7. The van der Waals surface area contributed by atoms with E-state index in [0.717, 1.165) is 0 Å². The van der Waals surface area contributed by atoms with E-state index in [1.807, 2.05) is 0 Å². The van der Waals surface area contributed by atoms with Gasteiger partial charge in [-0.25, -0.2) is 9.38 Å². The van der Waals surface area contributed by atoms with Gasteiger partial charge in [-0.1, -0.05) is 35.9 Å². The van der Waals surface area contributed by atoms with Crippen molar-refractivity contribution >= 4 is 35.0 Å². The molecule has 0 bridgehead atoms. The first kappa shape index (κ1) is 28.3. The van der Waals surface area contributed by atoms with Crippen LogP contribution in [0.25, 0.3) is 11.1 Å². The van der Waals surface area contributed by atoms with Crippen LogP contribution in [0.1, 0.15) is 18.9 Å². The first-order chi connectivity index (χ1) is 17.5. The van der Waals surface area contributed by atoms with Crippen molar-refractivity contribution in [1.82, 2.24) is 5.32 Å². The Balaban J connectivity index is 1.80. The quantitative estimate of drug-likeness (QED) is 0.402. The number of hydrogen-bond acceptors (Lipinski definition) is 5. The van der Waals surface area contributed by atoms with Crippen molar-refractivity contribution in [2.45, 2.75) is 32.0 Å². The smallest absolute Gasteiger partial charge is 0.431 e. The summed E-state index contributed by atoms with van der Waals surface area (Å²) >= 11 is 5.97. The fraction of sp³-hybridized carbons (Fsp3) is 0.360. The molecule has 0 fully saturated rings. The van der Waals surface area contributed by atoms with Gasteiger partial charge in [0.1, 0.15) is 11.5 Å². The van der Waals surface area contributed by atoms with Crippen molar-refractivity contribution in [3.63, 3.8) is 0 Å². The second-order valence-corrected chi connectivity index (χ2v) is 8.76. The Morgan fingerprint density at radius 1 is 1.19 bits per heavy atom. The summed E-state index contributed by atoms with van der Waals surface area (Å²) in [5.74, 6) is -4.15. The highest BCUT2D eigenvalue weighted by molar-refractivity contribution is 6.41. The Hall–Kier alpha value is -3.31. The molecular formula is C25H24ClF4N3O4. The molecule has 0 saturated carbocycles. The molecule has 3 rings (SSSR count). The number of aliphatic carboxylic acids is 1. The van der Waals surface area contributed by atoms with Crippen molar-refractivity contribution in [3.8, 4) is 11.1 Å². The highest BCUT2D eigenvalue weighted by atomic mass is 35.5. The van der Waals surface area contributed by atoms with E-state index in [9.17, 15) is 32.3 Å². The predicted octanol–water partition coefficient (Wildman–Crippen LogP) is 4.72. The van der Waals surface area contributed by atoms with Crippen LogP contribution in [0, 0.1) is 11.7 Å².